The summed E-state index contributed by atoms with van der Waals surface area (Å²) in [7, 11) is 0. The van der Waals surface area contributed by atoms with Crippen molar-refractivity contribution in [2.75, 3.05) is 11.9 Å². The first-order valence-corrected chi connectivity index (χ1v) is 5.75. The van der Waals surface area contributed by atoms with Crippen LogP contribution in [-0.2, 0) is 4.79 Å². The van der Waals surface area contributed by atoms with Crippen molar-refractivity contribution in [2.45, 2.75) is 33.2 Å². The van der Waals surface area contributed by atoms with Gasteiger partial charge in [0.25, 0.3) is 0 Å². The normalized spacial score (nSPS) is 12.2. The summed E-state index contributed by atoms with van der Waals surface area (Å²) in [6.07, 6.45) is 0.941. The summed E-state index contributed by atoms with van der Waals surface area (Å²) < 4.78 is 4.03. The molecule has 84 valence electrons. The number of rotatable bonds is 5. The number of carbonyl (C=O) groups is 1. The predicted molar refractivity (Wildman–Crippen MR) is 61.0 cm³/mol. The highest BCUT2D eigenvalue weighted by atomic mass is 32.1. The van der Waals surface area contributed by atoms with Crippen molar-refractivity contribution in [1.29, 1.82) is 0 Å². The topological polar surface area (TPSA) is 66.9 Å². The van der Waals surface area contributed by atoms with Crippen LogP contribution >= 0.6 is 11.5 Å². The Labute approximate surface area is 93.5 Å². The zero-order chi connectivity index (χ0) is 11.3. The molecule has 5 nitrogen and oxygen atoms in total. The lowest BCUT2D eigenvalue weighted by atomic mass is 10.3. The molecule has 1 aromatic rings. The third-order valence-electron chi connectivity index (χ3n) is 1.81. The van der Waals surface area contributed by atoms with Crippen molar-refractivity contribution in [1.82, 2.24) is 14.7 Å². The molecule has 0 aromatic carbocycles. The van der Waals surface area contributed by atoms with Gasteiger partial charge in [-0.15, -0.1) is 0 Å². The molecule has 0 aliphatic carbocycles. The number of anilines is 1. The summed E-state index contributed by atoms with van der Waals surface area (Å²) >= 11 is 1.27. The van der Waals surface area contributed by atoms with E-state index in [9.17, 15) is 4.79 Å². The number of carbonyl (C=O) groups excluding carboxylic acids is 1. The average Bonchev–Trinajstić information content (AvgIpc) is 2.60. The summed E-state index contributed by atoms with van der Waals surface area (Å²) in [6.45, 7) is 6.36. The number of hydrogen-bond acceptors (Lipinski definition) is 5. The lowest BCUT2D eigenvalue weighted by Gasteiger charge is -2.11. The number of aromatic nitrogens is 2. The standard InChI is InChI=1S/C9H16N4OS/c1-4-5-10-8(14)6(2)11-9-12-7(3)13-15-9/h6H,4-5H2,1-3H3,(H,10,14)(H,11,12,13). The van der Waals surface area contributed by atoms with Crippen molar-refractivity contribution >= 4 is 22.6 Å². The van der Waals surface area contributed by atoms with E-state index in [1.54, 1.807) is 0 Å². The number of nitrogens with one attached hydrogen (secondary N) is 2. The van der Waals surface area contributed by atoms with Crippen molar-refractivity contribution in [3.8, 4) is 0 Å². The highest BCUT2D eigenvalue weighted by Crippen LogP contribution is 2.11. The Bertz CT molecular complexity index is 326. The molecule has 0 aliphatic rings. The molecule has 1 atom stereocenters. The van der Waals surface area contributed by atoms with Crippen LogP contribution in [0.25, 0.3) is 0 Å². The maximum atomic E-state index is 11.5. The highest BCUT2D eigenvalue weighted by molar-refractivity contribution is 7.09. The summed E-state index contributed by atoms with van der Waals surface area (Å²) in [5.74, 6) is 0.716. The molecule has 0 saturated heterocycles. The Morgan fingerprint density at radius 1 is 1.60 bits per heavy atom. The Morgan fingerprint density at radius 2 is 2.33 bits per heavy atom. The molecular weight excluding hydrogens is 212 g/mol. The molecule has 0 aliphatic heterocycles. The molecule has 0 bridgehead atoms. The van der Waals surface area contributed by atoms with Crippen LogP contribution in [0.15, 0.2) is 0 Å². The lowest BCUT2D eigenvalue weighted by Crippen LogP contribution is -2.37. The minimum absolute atomic E-state index is 0.00953. The molecule has 0 spiro atoms. The van der Waals surface area contributed by atoms with Gasteiger partial charge < -0.3 is 10.6 Å². The van der Waals surface area contributed by atoms with Gasteiger partial charge >= 0.3 is 0 Å². The minimum Gasteiger partial charge on any atom is -0.354 e. The summed E-state index contributed by atoms with van der Waals surface area (Å²) in [5.41, 5.74) is 0. The van der Waals surface area contributed by atoms with E-state index < -0.39 is 0 Å². The van der Waals surface area contributed by atoms with Crippen LogP contribution in [-0.4, -0.2) is 27.9 Å². The Morgan fingerprint density at radius 3 is 2.87 bits per heavy atom. The van der Waals surface area contributed by atoms with E-state index >= 15 is 0 Å². The second-order valence-electron chi connectivity index (χ2n) is 3.30. The molecule has 1 rings (SSSR count). The monoisotopic (exact) mass is 228 g/mol. The Kier molecular flexibility index (Phi) is 4.48. The van der Waals surface area contributed by atoms with E-state index in [4.69, 9.17) is 0 Å². The van der Waals surface area contributed by atoms with Crippen LogP contribution in [0.5, 0.6) is 0 Å². The van der Waals surface area contributed by atoms with Crippen molar-refractivity contribution < 1.29 is 4.79 Å². The largest absolute Gasteiger partial charge is 0.354 e. The fourth-order valence-electron chi connectivity index (χ4n) is 1.01. The molecule has 0 fully saturated rings. The average molecular weight is 228 g/mol. The van der Waals surface area contributed by atoms with Crippen LogP contribution in [0.2, 0.25) is 0 Å². The molecule has 6 heteroatoms. The highest BCUT2D eigenvalue weighted by Gasteiger charge is 2.13. The van der Waals surface area contributed by atoms with Crippen LogP contribution < -0.4 is 10.6 Å². The van der Waals surface area contributed by atoms with Gasteiger partial charge in [0.2, 0.25) is 11.0 Å². The van der Waals surface area contributed by atoms with Gasteiger partial charge in [0.1, 0.15) is 11.9 Å². The van der Waals surface area contributed by atoms with Gasteiger partial charge in [0.15, 0.2) is 0 Å². The van der Waals surface area contributed by atoms with E-state index in [-0.39, 0.29) is 11.9 Å². The molecule has 1 amide bonds. The van der Waals surface area contributed by atoms with Crippen LogP contribution in [0, 0.1) is 6.92 Å². The molecular formula is C9H16N4OS. The molecule has 2 N–H and O–H groups in total. The van der Waals surface area contributed by atoms with Gasteiger partial charge in [-0.1, -0.05) is 6.92 Å². The second-order valence-corrected chi connectivity index (χ2v) is 4.06. The SMILES string of the molecule is CCCNC(=O)C(C)Nc1nc(C)ns1. The van der Waals surface area contributed by atoms with E-state index in [2.05, 4.69) is 20.0 Å². The third-order valence-corrected chi connectivity index (χ3v) is 2.55. The fraction of sp³-hybridized carbons (Fsp3) is 0.667. The summed E-state index contributed by atoms with van der Waals surface area (Å²) in [6, 6.07) is -0.274. The maximum absolute atomic E-state index is 11.5. The second kappa shape index (κ2) is 5.65. The van der Waals surface area contributed by atoms with Gasteiger partial charge in [-0.3, -0.25) is 4.79 Å². The molecule has 0 radical (unpaired) electrons. The Hall–Kier alpha value is -1.17. The molecule has 1 unspecified atom stereocenters. The quantitative estimate of drug-likeness (QED) is 0.794. The first-order valence-electron chi connectivity index (χ1n) is 4.98. The fourth-order valence-corrected chi connectivity index (χ4v) is 1.67. The van der Waals surface area contributed by atoms with Crippen LogP contribution in [0.1, 0.15) is 26.1 Å². The van der Waals surface area contributed by atoms with Gasteiger partial charge in [-0.25, -0.2) is 4.98 Å². The van der Waals surface area contributed by atoms with Gasteiger partial charge in [0.05, 0.1) is 0 Å². The predicted octanol–water partition coefficient (Wildman–Crippen LogP) is 1.17. The number of nitrogens with zero attached hydrogens (tertiary/aromatic N) is 2. The van der Waals surface area contributed by atoms with Crippen LogP contribution in [0.4, 0.5) is 5.13 Å². The maximum Gasteiger partial charge on any atom is 0.242 e. The first kappa shape index (κ1) is 11.9. The zero-order valence-electron chi connectivity index (χ0n) is 9.20. The van der Waals surface area contributed by atoms with Gasteiger partial charge in [0, 0.05) is 18.1 Å². The van der Waals surface area contributed by atoms with Gasteiger partial charge in [-0.2, -0.15) is 4.37 Å². The van der Waals surface area contributed by atoms with E-state index in [0.29, 0.717) is 11.7 Å². The molecule has 1 aromatic heterocycles. The summed E-state index contributed by atoms with van der Waals surface area (Å²) in [5, 5.41) is 6.51. The number of aryl methyl sites for hydroxylation is 1. The Balaban J connectivity index is 2.41. The summed E-state index contributed by atoms with van der Waals surface area (Å²) in [4.78, 5) is 15.6. The molecule has 0 saturated carbocycles. The van der Waals surface area contributed by atoms with E-state index in [1.165, 1.54) is 11.5 Å². The number of amides is 1. The van der Waals surface area contributed by atoms with Gasteiger partial charge in [-0.05, 0) is 20.3 Å². The first-order chi connectivity index (χ1) is 7.13. The number of hydrogen-bond donors (Lipinski definition) is 2. The van der Waals surface area contributed by atoms with Crippen LogP contribution in [0.3, 0.4) is 0 Å². The van der Waals surface area contributed by atoms with Crippen molar-refractivity contribution in [3.05, 3.63) is 5.82 Å². The molecule has 1 heterocycles. The van der Waals surface area contributed by atoms with E-state index in [0.717, 1.165) is 12.2 Å². The minimum atomic E-state index is -0.274. The third kappa shape index (κ3) is 3.83. The zero-order valence-corrected chi connectivity index (χ0v) is 10.0. The lowest BCUT2D eigenvalue weighted by molar-refractivity contribution is -0.121. The molecule has 15 heavy (non-hydrogen) atoms. The van der Waals surface area contributed by atoms with E-state index in [1.807, 2.05) is 20.8 Å². The smallest absolute Gasteiger partial charge is 0.242 e. The van der Waals surface area contributed by atoms with Crippen molar-refractivity contribution in [3.63, 3.8) is 0 Å². The van der Waals surface area contributed by atoms with Crippen molar-refractivity contribution in [2.24, 2.45) is 0 Å².